The number of nitrogens with zero attached hydrogens (tertiary/aromatic N) is 2. The van der Waals surface area contributed by atoms with Gasteiger partial charge in [-0.25, -0.2) is 0 Å². The number of aromatic nitrogens is 2. The number of hydrogen-bond donors (Lipinski definition) is 3. The van der Waals surface area contributed by atoms with Gasteiger partial charge < -0.3 is 16.0 Å². The molecule has 1 spiro atoms. The van der Waals surface area contributed by atoms with Gasteiger partial charge in [0.1, 0.15) is 0 Å². The molecule has 17 heavy (non-hydrogen) atoms. The largest absolute Gasteiger partial charge is 0.345 e. The second kappa shape index (κ2) is 3.49. The highest BCUT2D eigenvalue weighted by Crippen LogP contribution is 2.34. The van der Waals surface area contributed by atoms with Crippen molar-refractivity contribution in [1.29, 1.82) is 0 Å². The van der Waals surface area contributed by atoms with Crippen LogP contribution in [0.3, 0.4) is 0 Å². The van der Waals surface area contributed by atoms with Crippen LogP contribution in [0.25, 0.3) is 0 Å². The molecule has 2 atom stereocenters. The van der Waals surface area contributed by atoms with Crippen molar-refractivity contribution in [2.24, 2.45) is 0 Å². The quantitative estimate of drug-likeness (QED) is 0.527. The van der Waals surface area contributed by atoms with Gasteiger partial charge in [-0.1, -0.05) is 0 Å². The van der Waals surface area contributed by atoms with Gasteiger partial charge in [-0.05, 0) is 11.6 Å². The lowest BCUT2D eigenvalue weighted by molar-refractivity contribution is -0.143. The fourth-order valence-electron chi connectivity index (χ4n) is 2.28. The summed E-state index contributed by atoms with van der Waals surface area (Å²) in [4.78, 5) is 23.3. The number of rotatable bonds is 1. The third kappa shape index (κ3) is 1.39. The molecule has 2 aliphatic rings. The van der Waals surface area contributed by atoms with E-state index in [1.54, 1.807) is 18.5 Å². The van der Waals surface area contributed by atoms with Crippen LogP contribution >= 0.6 is 0 Å². The summed E-state index contributed by atoms with van der Waals surface area (Å²) in [5.74, 6) is -0.323. The van der Waals surface area contributed by atoms with Crippen LogP contribution in [0.5, 0.6) is 0 Å². The molecule has 0 radical (unpaired) electrons. The van der Waals surface area contributed by atoms with Crippen LogP contribution in [0, 0.1) is 0 Å². The minimum atomic E-state index is -0.877. The Labute approximate surface area is 97.0 Å². The summed E-state index contributed by atoms with van der Waals surface area (Å²) in [5.41, 5.74) is -0.0400. The van der Waals surface area contributed by atoms with E-state index in [1.165, 1.54) is 0 Å². The fourth-order valence-corrected chi connectivity index (χ4v) is 2.28. The minimum absolute atomic E-state index is 0.0436. The molecule has 7 nitrogen and oxygen atoms in total. The summed E-state index contributed by atoms with van der Waals surface area (Å²) in [7, 11) is 0. The average Bonchev–Trinajstić information content (AvgIpc) is 2.32. The lowest BCUT2D eigenvalue weighted by Crippen LogP contribution is -2.79. The normalized spacial score (nSPS) is 31.6. The van der Waals surface area contributed by atoms with Gasteiger partial charge in [0.05, 0.1) is 18.8 Å². The van der Waals surface area contributed by atoms with Crippen molar-refractivity contribution in [2.75, 3.05) is 13.1 Å². The molecule has 2 unspecified atom stereocenters. The lowest BCUT2D eigenvalue weighted by Gasteiger charge is -2.50. The zero-order chi connectivity index (χ0) is 11.9. The van der Waals surface area contributed by atoms with Gasteiger partial charge in [-0.2, -0.15) is 10.2 Å². The van der Waals surface area contributed by atoms with E-state index in [2.05, 4.69) is 26.1 Å². The van der Waals surface area contributed by atoms with Crippen molar-refractivity contribution in [2.45, 2.75) is 11.6 Å². The molecule has 0 bridgehead atoms. The molecule has 1 aromatic heterocycles. The smallest absolute Gasteiger partial charge is 0.249 e. The maximum absolute atomic E-state index is 11.9. The summed E-state index contributed by atoms with van der Waals surface area (Å²) >= 11 is 0. The van der Waals surface area contributed by atoms with Gasteiger partial charge in [-0.15, -0.1) is 0 Å². The lowest BCUT2D eigenvalue weighted by atomic mass is 9.77. The Hall–Kier alpha value is -2.02. The molecule has 88 valence electrons. The maximum Gasteiger partial charge on any atom is 0.249 e. The first-order valence-corrected chi connectivity index (χ1v) is 5.32. The standard InChI is InChI=1S/C10H11N5O2/c16-7-4-11-9(17)10(15-7)5-12-8(10)6-1-2-13-14-3-6/h1-3,8,12H,4-5H2,(H,11,17)(H,15,16). The molecule has 0 saturated carbocycles. The van der Waals surface area contributed by atoms with E-state index in [0.29, 0.717) is 6.54 Å². The number of piperazine rings is 1. The molecule has 0 aromatic carbocycles. The van der Waals surface area contributed by atoms with Gasteiger partial charge in [0, 0.05) is 12.7 Å². The molecule has 3 N–H and O–H groups in total. The van der Waals surface area contributed by atoms with Crippen molar-refractivity contribution in [1.82, 2.24) is 26.1 Å². The van der Waals surface area contributed by atoms with Crippen LogP contribution in [0.4, 0.5) is 0 Å². The van der Waals surface area contributed by atoms with Gasteiger partial charge >= 0.3 is 0 Å². The van der Waals surface area contributed by atoms with Crippen LogP contribution in [0.1, 0.15) is 11.6 Å². The Kier molecular flexibility index (Phi) is 2.08. The van der Waals surface area contributed by atoms with E-state index in [-0.39, 0.29) is 24.4 Å². The SMILES string of the molecule is O=C1CNC(=O)C2(CNC2c2ccnnc2)N1. The van der Waals surface area contributed by atoms with E-state index >= 15 is 0 Å². The average molecular weight is 233 g/mol. The topological polar surface area (TPSA) is 96.0 Å². The molecule has 2 amide bonds. The number of amides is 2. The minimum Gasteiger partial charge on any atom is -0.345 e. The number of carbonyl (C=O) groups is 2. The van der Waals surface area contributed by atoms with E-state index in [4.69, 9.17) is 0 Å². The third-order valence-electron chi connectivity index (χ3n) is 3.20. The summed E-state index contributed by atoms with van der Waals surface area (Å²) in [6, 6.07) is 1.53. The number of hydrogen-bond acceptors (Lipinski definition) is 5. The second-order valence-electron chi connectivity index (χ2n) is 4.19. The summed E-state index contributed by atoms with van der Waals surface area (Å²) in [5, 5.41) is 16.0. The Morgan fingerprint density at radius 2 is 2.24 bits per heavy atom. The first-order chi connectivity index (χ1) is 8.22. The van der Waals surface area contributed by atoms with Crippen molar-refractivity contribution < 1.29 is 9.59 Å². The van der Waals surface area contributed by atoms with Crippen LogP contribution < -0.4 is 16.0 Å². The molecule has 2 aliphatic heterocycles. The molecular weight excluding hydrogens is 222 g/mol. The van der Waals surface area contributed by atoms with Crippen LogP contribution in [-0.4, -0.2) is 40.6 Å². The summed E-state index contributed by atoms with van der Waals surface area (Å²) < 4.78 is 0. The zero-order valence-electron chi connectivity index (χ0n) is 8.93. The monoisotopic (exact) mass is 233 g/mol. The van der Waals surface area contributed by atoms with Gasteiger partial charge in [0.2, 0.25) is 11.8 Å². The van der Waals surface area contributed by atoms with E-state index < -0.39 is 5.54 Å². The highest BCUT2D eigenvalue weighted by atomic mass is 16.2. The van der Waals surface area contributed by atoms with Crippen molar-refractivity contribution in [3.63, 3.8) is 0 Å². The molecule has 3 rings (SSSR count). The van der Waals surface area contributed by atoms with Gasteiger partial charge in [0.15, 0.2) is 5.54 Å². The Morgan fingerprint density at radius 1 is 1.35 bits per heavy atom. The molecule has 1 aromatic rings. The van der Waals surface area contributed by atoms with Gasteiger partial charge in [-0.3, -0.25) is 9.59 Å². The molecule has 0 aliphatic carbocycles. The van der Waals surface area contributed by atoms with E-state index in [0.717, 1.165) is 5.56 Å². The molecule has 2 fully saturated rings. The van der Waals surface area contributed by atoms with E-state index in [1.807, 2.05) is 0 Å². The molecule has 2 saturated heterocycles. The summed E-state index contributed by atoms with van der Waals surface area (Å²) in [6.07, 6.45) is 3.15. The second-order valence-corrected chi connectivity index (χ2v) is 4.19. The first-order valence-electron chi connectivity index (χ1n) is 5.32. The summed E-state index contributed by atoms with van der Waals surface area (Å²) in [6.45, 7) is 0.472. The Bertz CT molecular complexity index is 477. The highest BCUT2D eigenvalue weighted by molar-refractivity contribution is 5.99. The van der Waals surface area contributed by atoms with Gasteiger partial charge in [0.25, 0.3) is 0 Å². The van der Waals surface area contributed by atoms with Crippen LogP contribution in [0.15, 0.2) is 18.5 Å². The molecule has 7 heteroatoms. The molecule has 3 heterocycles. The fraction of sp³-hybridized carbons (Fsp3) is 0.400. The predicted molar refractivity (Wildman–Crippen MR) is 56.7 cm³/mol. The Balaban J connectivity index is 1.93. The van der Waals surface area contributed by atoms with Crippen LogP contribution in [-0.2, 0) is 9.59 Å². The van der Waals surface area contributed by atoms with Crippen LogP contribution in [0.2, 0.25) is 0 Å². The Morgan fingerprint density at radius 3 is 2.88 bits per heavy atom. The molecular formula is C10H11N5O2. The highest BCUT2D eigenvalue weighted by Gasteiger charge is 2.56. The zero-order valence-corrected chi connectivity index (χ0v) is 8.93. The van der Waals surface area contributed by atoms with Crippen molar-refractivity contribution in [3.05, 3.63) is 24.0 Å². The van der Waals surface area contributed by atoms with Crippen molar-refractivity contribution in [3.8, 4) is 0 Å². The maximum atomic E-state index is 11.9. The first kappa shape index (κ1) is 10.2. The number of carbonyl (C=O) groups excluding carboxylic acids is 2. The van der Waals surface area contributed by atoms with E-state index in [9.17, 15) is 9.59 Å². The third-order valence-corrected chi connectivity index (χ3v) is 3.20. The predicted octanol–water partition coefficient (Wildman–Crippen LogP) is -1.89. The number of nitrogens with one attached hydrogen (secondary N) is 3. The van der Waals surface area contributed by atoms with Crippen molar-refractivity contribution >= 4 is 11.8 Å².